The third-order valence-corrected chi connectivity index (χ3v) is 4.30. The molecule has 0 fully saturated rings. The Hall–Kier alpha value is -0.420. The topological polar surface area (TPSA) is 12.0 Å². The lowest BCUT2D eigenvalue weighted by Crippen LogP contribution is -2.12. The molecule has 2 aromatic rings. The van der Waals surface area contributed by atoms with Gasteiger partial charge in [-0.2, -0.15) is 0 Å². The summed E-state index contributed by atoms with van der Waals surface area (Å²) >= 11 is 10.8. The molecule has 0 saturated carbocycles. The van der Waals surface area contributed by atoms with Crippen LogP contribution in [0.3, 0.4) is 0 Å². The normalized spacial score (nSPS) is 10.8. The number of hydrogen-bond acceptors (Lipinski definition) is 2. The first-order valence-electron chi connectivity index (χ1n) is 5.03. The molecule has 1 nitrogen and oxygen atoms in total. The minimum atomic E-state index is -0.218. The van der Waals surface area contributed by atoms with Crippen molar-refractivity contribution in [2.75, 3.05) is 0 Å². The smallest absolute Gasteiger partial charge is 0.123 e. The maximum atomic E-state index is 13.0. The van der Waals surface area contributed by atoms with Crippen LogP contribution in [0.2, 0.25) is 5.02 Å². The zero-order valence-corrected chi connectivity index (χ0v) is 12.0. The molecule has 1 aromatic heterocycles. The van der Waals surface area contributed by atoms with Gasteiger partial charge in [0.15, 0.2) is 0 Å². The van der Waals surface area contributed by atoms with Gasteiger partial charge in [-0.3, -0.25) is 0 Å². The first-order valence-corrected chi connectivity index (χ1v) is 7.08. The number of nitrogens with one attached hydrogen (secondary N) is 1. The van der Waals surface area contributed by atoms with Crippen LogP contribution < -0.4 is 5.32 Å². The zero-order chi connectivity index (χ0) is 12.3. The van der Waals surface area contributed by atoms with Crippen LogP contribution in [0.25, 0.3) is 0 Å². The van der Waals surface area contributed by atoms with Crippen LogP contribution in [0.5, 0.6) is 0 Å². The minimum absolute atomic E-state index is 0.218. The van der Waals surface area contributed by atoms with Crippen LogP contribution in [-0.4, -0.2) is 0 Å². The Labute approximate surface area is 117 Å². The van der Waals surface area contributed by atoms with E-state index in [2.05, 4.69) is 21.2 Å². The second-order valence-corrected chi connectivity index (χ2v) is 5.86. The van der Waals surface area contributed by atoms with Crippen molar-refractivity contribution in [1.82, 2.24) is 5.32 Å². The van der Waals surface area contributed by atoms with Gasteiger partial charge in [-0.1, -0.05) is 27.5 Å². The van der Waals surface area contributed by atoms with Gasteiger partial charge in [0, 0.05) is 27.8 Å². The highest BCUT2D eigenvalue weighted by Gasteiger charge is 2.02. The summed E-state index contributed by atoms with van der Waals surface area (Å²) in [5, 5.41) is 5.92. The van der Waals surface area contributed by atoms with Gasteiger partial charge in [0.2, 0.25) is 0 Å². The third-order valence-electron chi connectivity index (χ3n) is 2.24. The van der Waals surface area contributed by atoms with Crippen molar-refractivity contribution in [3.8, 4) is 0 Å². The fourth-order valence-corrected chi connectivity index (χ4v) is 2.87. The minimum Gasteiger partial charge on any atom is -0.308 e. The van der Waals surface area contributed by atoms with E-state index >= 15 is 0 Å². The first kappa shape index (κ1) is 13.0. The molecule has 1 aromatic carbocycles. The predicted molar refractivity (Wildman–Crippen MR) is 74.0 cm³/mol. The summed E-state index contributed by atoms with van der Waals surface area (Å²) in [6, 6.07) is 6.61. The van der Waals surface area contributed by atoms with Crippen LogP contribution in [0.15, 0.2) is 34.1 Å². The molecule has 0 bridgehead atoms. The Morgan fingerprint density at radius 2 is 2.12 bits per heavy atom. The third kappa shape index (κ3) is 3.78. The van der Waals surface area contributed by atoms with E-state index in [1.807, 2.05) is 11.4 Å². The Kier molecular flexibility index (Phi) is 4.56. The van der Waals surface area contributed by atoms with Gasteiger partial charge in [0.05, 0.1) is 5.02 Å². The SMILES string of the molecule is Fc1ccc(Br)c(CNCc2cc(Cl)cs2)c1. The largest absolute Gasteiger partial charge is 0.308 e. The first-order chi connectivity index (χ1) is 8.15. The van der Waals surface area contributed by atoms with E-state index in [0.717, 1.165) is 21.6 Å². The van der Waals surface area contributed by atoms with Crippen molar-refractivity contribution in [3.63, 3.8) is 0 Å². The van der Waals surface area contributed by atoms with Crippen LogP contribution in [-0.2, 0) is 13.1 Å². The van der Waals surface area contributed by atoms with Gasteiger partial charge in [-0.25, -0.2) is 4.39 Å². The quantitative estimate of drug-likeness (QED) is 0.862. The van der Waals surface area contributed by atoms with Crippen molar-refractivity contribution in [1.29, 1.82) is 0 Å². The highest BCUT2D eigenvalue weighted by molar-refractivity contribution is 9.10. The van der Waals surface area contributed by atoms with Crippen LogP contribution in [0, 0.1) is 5.82 Å². The molecule has 0 aliphatic carbocycles. The molecule has 0 aliphatic heterocycles. The monoisotopic (exact) mass is 333 g/mol. The average Bonchev–Trinajstić information content (AvgIpc) is 2.69. The second kappa shape index (κ2) is 5.96. The number of benzene rings is 1. The van der Waals surface area contributed by atoms with Crippen molar-refractivity contribution in [2.24, 2.45) is 0 Å². The summed E-state index contributed by atoms with van der Waals surface area (Å²) in [6.45, 7) is 1.36. The summed E-state index contributed by atoms with van der Waals surface area (Å²) in [5.41, 5.74) is 0.910. The summed E-state index contributed by atoms with van der Waals surface area (Å²) < 4.78 is 13.9. The van der Waals surface area contributed by atoms with Gasteiger partial charge in [-0.15, -0.1) is 11.3 Å². The van der Waals surface area contributed by atoms with Crippen molar-refractivity contribution in [3.05, 3.63) is 55.4 Å². The molecule has 0 atom stereocenters. The van der Waals surface area contributed by atoms with Gasteiger partial charge in [0.25, 0.3) is 0 Å². The number of hydrogen-bond donors (Lipinski definition) is 1. The van der Waals surface area contributed by atoms with Crippen molar-refractivity contribution < 1.29 is 4.39 Å². The number of rotatable bonds is 4. The maximum absolute atomic E-state index is 13.0. The summed E-state index contributed by atoms with van der Waals surface area (Å²) in [5.74, 6) is -0.218. The molecule has 0 aliphatic rings. The van der Waals surface area contributed by atoms with Gasteiger partial charge in [-0.05, 0) is 29.8 Å². The summed E-state index contributed by atoms with van der Waals surface area (Å²) in [7, 11) is 0. The molecule has 2 rings (SSSR count). The number of thiophene rings is 1. The van der Waals surface area contributed by atoms with E-state index in [4.69, 9.17) is 11.6 Å². The average molecular weight is 335 g/mol. The highest BCUT2D eigenvalue weighted by Crippen LogP contribution is 2.20. The van der Waals surface area contributed by atoms with E-state index < -0.39 is 0 Å². The molecule has 90 valence electrons. The van der Waals surface area contributed by atoms with Crippen LogP contribution in [0.4, 0.5) is 4.39 Å². The molecule has 0 spiro atoms. The Morgan fingerprint density at radius 1 is 1.29 bits per heavy atom. The predicted octanol–water partition coefficient (Wildman–Crippen LogP) is 4.59. The molecular weight excluding hydrogens is 325 g/mol. The van der Waals surface area contributed by atoms with Crippen molar-refractivity contribution in [2.45, 2.75) is 13.1 Å². The van der Waals surface area contributed by atoms with Gasteiger partial charge < -0.3 is 5.32 Å². The lowest BCUT2D eigenvalue weighted by atomic mass is 10.2. The van der Waals surface area contributed by atoms with Gasteiger partial charge >= 0.3 is 0 Å². The molecule has 0 unspecified atom stereocenters. The molecular formula is C12H10BrClFNS. The molecule has 17 heavy (non-hydrogen) atoms. The Balaban J connectivity index is 1.91. The van der Waals surface area contributed by atoms with Crippen LogP contribution >= 0.6 is 38.9 Å². The molecule has 1 N–H and O–H groups in total. The van der Waals surface area contributed by atoms with E-state index in [0.29, 0.717) is 6.54 Å². The standard InChI is InChI=1S/C12H10BrClFNS/c13-12-2-1-10(15)3-8(12)5-16-6-11-4-9(14)7-17-11/h1-4,7,16H,5-6H2. The summed E-state index contributed by atoms with van der Waals surface area (Å²) in [4.78, 5) is 1.17. The Morgan fingerprint density at radius 3 is 2.82 bits per heavy atom. The van der Waals surface area contributed by atoms with Gasteiger partial charge in [0.1, 0.15) is 5.82 Å². The molecule has 1 heterocycles. The maximum Gasteiger partial charge on any atom is 0.123 e. The molecule has 0 saturated heterocycles. The summed E-state index contributed by atoms with van der Waals surface area (Å²) in [6.07, 6.45) is 0. The lowest BCUT2D eigenvalue weighted by Gasteiger charge is -2.06. The van der Waals surface area contributed by atoms with E-state index in [1.54, 1.807) is 17.4 Å². The van der Waals surface area contributed by atoms with Crippen LogP contribution in [0.1, 0.15) is 10.4 Å². The van der Waals surface area contributed by atoms with E-state index in [-0.39, 0.29) is 5.82 Å². The van der Waals surface area contributed by atoms with Crippen molar-refractivity contribution >= 4 is 38.9 Å². The number of halogens is 3. The highest BCUT2D eigenvalue weighted by atomic mass is 79.9. The lowest BCUT2D eigenvalue weighted by molar-refractivity contribution is 0.620. The van der Waals surface area contributed by atoms with E-state index in [1.165, 1.54) is 17.0 Å². The van der Waals surface area contributed by atoms with E-state index in [9.17, 15) is 4.39 Å². The molecule has 0 radical (unpaired) electrons. The Bertz CT molecular complexity index is 515. The molecule has 5 heteroatoms. The fourth-order valence-electron chi connectivity index (χ4n) is 1.45. The zero-order valence-electron chi connectivity index (χ0n) is 8.84. The fraction of sp³-hybridized carbons (Fsp3) is 0.167. The second-order valence-electron chi connectivity index (χ2n) is 3.57. The molecule has 0 amide bonds.